The molecule has 1 heterocycles. The van der Waals surface area contributed by atoms with Gasteiger partial charge in [-0.2, -0.15) is 0 Å². The number of ether oxygens (including phenoxy) is 1. The summed E-state index contributed by atoms with van der Waals surface area (Å²) in [7, 11) is 0. The second kappa shape index (κ2) is 5.72. The number of amides is 1. The summed E-state index contributed by atoms with van der Waals surface area (Å²) in [5.74, 6) is -0.127. The standard InChI is InChI=1S/C15H22N2O2/c1-11-10-13(8-9-19-11)17-14(18)15(2,16)12-6-4-3-5-7-12/h3-7,11,13H,8-10,16H2,1-2H3,(H,17,18). The Balaban J connectivity index is 2.02. The molecule has 0 aromatic heterocycles. The molecular weight excluding hydrogens is 240 g/mol. The predicted octanol–water partition coefficient (Wildman–Crippen LogP) is 1.54. The third-order valence-corrected chi connectivity index (χ3v) is 3.67. The number of rotatable bonds is 3. The lowest BCUT2D eigenvalue weighted by Gasteiger charge is -2.31. The zero-order chi connectivity index (χ0) is 13.9. The molecule has 19 heavy (non-hydrogen) atoms. The third kappa shape index (κ3) is 3.33. The maximum absolute atomic E-state index is 12.4. The fraction of sp³-hybridized carbons (Fsp3) is 0.533. The predicted molar refractivity (Wildman–Crippen MR) is 74.6 cm³/mol. The summed E-state index contributed by atoms with van der Waals surface area (Å²) in [6, 6.07) is 9.62. The van der Waals surface area contributed by atoms with Crippen molar-refractivity contribution in [2.45, 2.75) is 44.4 Å². The molecule has 3 unspecified atom stereocenters. The molecule has 104 valence electrons. The fourth-order valence-electron chi connectivity index (χ4n) is 2.38. The number of nitrogens with two attached hydrogens (primary N) is 1. The first kappa shape index (κ1) is 14.0. The molecule has 1 saturated heterocycles. The molecule has 1 amide bonds. The van der Waals surface area contributed by atoms with Crippen LogP contribution in [0.2, 0.25) is 0 Å². The van der Waals surface area contributed by atoms with Crippen molar-refractivity contribution >= 4 is 5.91 Å². The molecule has 1 aliphatic heterocycles. The summed E-state index contributed by atoms with van der Waals surface area (Å²) in [5, 5.41) is 3.04. The second-order valence-corrected chi connectivity index (χ2v) is 5.44. The van der Waals surface area contributed by atoms with Crippen LogP contribution in [0.1, 0.15) is 32.3 Å². The van der Waals surface area contributed by atoms with Crippen LogP contribution in [-0.4, -0.2) is 24.7 Å². The van der Waals surface area contributed by atoms with E-state index in [1.54, 1.807) is 6.92 Å². The number of nitrogens with one attached hydrogen (secondary N) is 1. The van der Waals surface area contributed by atoms with Gasteiger partial charge in [-0.3, -0.25) is 4.79 Å². The SMILES string of the molecule is CC1CC(NC(=O)C(C)(N)c2ccccc2)CCO1. The zero-order valence-corrected chi connectivity index (χ0v) is 11.6. The highest BCUT2D eigenvalue weighted by molar-refractivity contribution is 5.87. The van der Waals surface area contributed by atoms with Gasteiger partial charge in [-0.1, -0.05) is 30.3 Å². The summed E-state index contributed by atoms with van der Waals surface area (Å²) >= 11 is 0. The number of carbonyl (C=O) groups excluding carboxylic acids is 1. The van der Waals surface area contributed by atoms with Crippen LogP contribution >= 0.6 is 0 Å². The van der Waals surface area contributed by atoms with E-state index in [4.69, 9.17) is 10.5 Å². The number of carbonyl (C=O) groups is 1. The molecule has 0 radical (unpaired) electrons. The van der Waals surface area contributed by atoms with E-state index in [0.29, 0.717) is 6.61 Å². The van der Waals surface area contributed by atoms with Crippen molar-refractivity contribution in [2.24, 2.45) is 5.73 Å². The quantitative estimate of drug-likeness (QED) is 0.868. The summed E-state index contributed by atoms with van der Waals surface area (Å²) in [5.41, 5.74) is 6.02. The largest absolute Gasteiger partial charge is 0.378 e. The topological polar surface area (TPSA) is 64.4 Å². The molecule has 0 spiro atoms. The van der Waals surface area contributed by atoms with Crippen molar-refractivity contribution < 1.29 is 9.53 Å². The smallest absolute Gasteiger partial charge is 0.244 e. The zero-order valence-electron chi connectivity index (χ0n) is 11.6. The Morgan fingerprint density at radius 2 is 2.11 bits per heavy atom. The van der Waals surface area contributed by atoms with Crippen LogP contribution < -0.4 is 11.1 Å². The molecule has 4 heteroatoms. The van der Waals surface area contributed by atoms with Gasteiger partial charge in [-0.25, -0.2) is 0 Å². The normalized spacial score (nSPS) is 26.5. The Labute approximate surface area is 114 Å². The summed E-state index contributed by atoms with van der Waals surface area (Å²) in [4.78, 5) is 12.4. The van der Waals surface area contributed by atoms with Crippen molar-refractivity contribution in [2.75, 3.05) is 6.61 Å². The average molecular weight is 262 g/mol. The van der Waals surface area contributed by atoms with Gasteiger partial charge < -0.3 is 15.8 Å². The van der Waals surface area contributed by atoms with Gasteiger partial charge in [0.15, 0.2) is 0 Å². The maximum Gasteiger partial charge on any atom is 0.244 e. The van der Waals surface area contributed by atoms with E-state index in [0.717, 1.165) is 18.4 Å². The van der Waals surface area contributed by atoms with E-state index < -0.39 is 5.54 Å². The third-order valence-electron chi connectivity index (χ3n) is 3.67. The monoisotopic (exact) mass is 262 g/mol. The van der Waals surface area contributed by atoms with Crippen molar-refractivity contribution in [3.05, 3.63) is 35.9 Å². The maximum atomic E-state index is 12.4. The molecule has 1 aromatic rings. The molecule has 1 aliphatic rings. The van der Waals surface area contributed by atoms with Crippen LogP contribution in [0, 0.1) is 0 Å². The lowest BCUT2D eigenvalue weighted by molar-refractivity contribution is -0.127. The molecule has 4 nitrogen and oxygen atoms in total. The molecular formula is C15H22N2O2. The Hall–Kier alpha value is -1.39. The minimum Gasteiger partial charge on any atom is -0.378 e. The lowest BCUT2D eigenvalue weighted by Crippen LogP contribution is -2.53. The van der Waals surface area contributed by atoms with Crippen LogP contribution in [-0.2, 0) is 15.1 Å². The van der Waals surface area contributed by atoms with Crippen LogP contribution in [0.4, 0.5) is 0 Å². The van der Waals surface area contributed by atoms with Gasteiger partial charge in [0.2, 0.25) is 5.91 Å². The van der Waals surface area contributed by atoms with Crippen molar-refractivity contribution in [3.63, 3.8) is 0 Å². The van der Waals surface area contributed by atoms with Crippen molar-refractivity contribution in [1.29, 1.82) is 0 Å². The van der Waals surface area contributed by atoms with E-state index >= 15 is 0 Å². The highest BCUT2D eigenvalue weighted by atomic mass is 16.5. The van der Waals surface area contributed by atoms with Crippen LogP contribution in [0.15, 0.2) is 30.3 Å². The van der Waals surface area contributed by atoms with E-state index in [2.05, 4.69) is 5.32 Å². The first-order valence-electron chi connectivity index (χ1n) is 6.77. The highest BCUT2D eigenvalue weighted by Crippen LogP contribution is 2.19. The number of hydrogen-bond acceptors (Lipinski definition) is 3. The van der Waals surface area contributed by atoms with Crippen LogP contribution in [0.5, 0.6) is 0 Å². The van der Waals surface area contributed by atoms with Gasteiger partial charge in [0.05, 0.1) is 6.10 Å². The number of hydrogen-bond donors (Lipinski definition) is 2. The van der Waals surface area contributed by atoms with Gasteiger partial charge in [0, 0.05) is 12.6 Å². The minimum absolute atomic E-state index is 0.127. The van der Waals surface area contributed by atoms with Gasteiger partial charge in [0.1, 0.15) is 5.54 Å². The van der Waals surface area contributed by atoms with Crippen molar-refractivity contribution in [3.8, 4) is 0 Å². The van der Waals surface area contributed by atoms with Crippen LogP contribution in [0.25, 0.3) is 0 Å². The molecule has 0 bridgehead atoms. The molecule has 0 saturated carbocycles. The van der Waals surface area contributed by atoms with Gasteiger partial charge in [0.25, 0.3) is 0 Å². The Morgan fingerprint density at radius 3 is 2.74 bits per heavy atom. The van der Waals surface area contributed by atoms with Gasteiger partial charge >= 0.3 is 0 Å². The lowest BCUT2D eigenvalue weighted by atomic mass is 9.91. The molecule has 2 rings (SSSR count). The average Bonchev–Trinajstić information content (AvgIpc) is 2.39. The summed E-state index contributed by atoms with van der Waals surface area (Å²) in [6.45, 7) is 4.47. The van der Waals surface area contributed by atoms with E-state index in [-0.39, 0.29) is 18.1 Å². The van der Waals surface area contributed by atoms with Crippen LogP contribution in [0.3, 0.4) is 0 Å². The number of benzene rings is 1. The first-order chi connectivity index (χ1) is 9.00. The molecule has 0 aliphatic carbocycles. The Morgan fingerprint density at radius 1 is 1.42 bits per heavy atom. The second-order valence-electron chi connectivity index (χ2n) is 5.44. The van der Waals surface area contributed by atoms with E-state index in [9.17, 15) is 4.79 Å². The van der Waals surface area contributed by atoms with Crippen molar-refractivity contribution in [1.82, 2.24) is 5.32 Å². The van der Waals surface area contributed by atoms with Gasteiger partial charge in [-0.15, -0.1) is 0 Å². The molecule has 3 N–H and O–H groups in total. The summed E-state index contributed by atoms with van der Waals surface area (Å²) in [6.07, 6.45) is 1.89. The van der Waals surface area contributed by atoms with Gasteiger partial charge in [-0.05, 0) is 32.3 Å². The fourth-order valence-corrected chi connectivity index (χ4v) is 2.38. The Kier molecular flexibility index (Phi) is 4.22. The first-order valence-corrected chi connectivity index (χ1v) is 6.77. The van der Waals surface area contributed by atoms with E-state index in [1.165, 1.54) is 0 Å². The van der Waals surface area contributed by atoms with E-state index in [1.807, 2.05) is 37.3 Å². The molecule has 1 aromatic carbocycles. The summed E-state index contributed by atoms with van der Waals surface area (Å²) < 4.78 is 5.48. The Bertz CT molecular complexity index is 431. The molecule has 3 atom stereocenters. The molecule has 1 fully saturated rings. The highest BCUT2D eigenvalue weighted by Gasteiger charge is 2.32. The minimum atomic E-state index is -0.997.